The molecule has 268 valence electrons. The van der Waals surface area contributed by atoms with Crippen LogP contribution in [0, 0.1) is 18.3 Å². The lowest BCUT2D eigenvalue weighted by atomic mass is 10.0. The van der Waals surface area contributed by atoms with Crippen molar-refractivity contribution in [3.05, 3.63) is 52.3 Å². The standard InChI is InChI=1S/C34H42F3N9O2S2/c1-22-24(19-43-8-6-25(7-9-43)42-32-30-15-28(16-34(35,36)37)49-33(30)41-21-40-32)4-5-31-29(22)14-26(17-38)46(31)20-27(18-39-23(2)47)44-10-12-45(13-11-44)50(3)48/h4-5,14-15,21,25,27H,6-13,16,18-20H2,1-3H3,(H,39,47)(H,40,41,42). The first-order valence-corrected chi connectivity index (χ1v) is 19.1. The van der Waals surface area contributed by atoms with Crippen molar-refractivity contribution in [1.82, 2.24) is 34.0 Å². The van der Waals surface area contributed by atoms with Gasteiger partial charge in [0.2, 0.25) is 5.91 Å². The zero-order valence-corrected chi connectivity index (χ0v) is 30.1. The van der Waals surface area contributed by atoms with Crippen LogP contribution in [0.15, 0.2) is 30.6 Å². The molecule has 0 bridgehead atoms. The number of fused-ring (bicyclic) bond motifs is 2. The molecule has 11 nitrogen and oxygen atoms in total. The third-order valence-electron chi connectivity index (χ3n) is 9.79. The number of thiophene rings is 1. The van der Waals surface area contributed by atoms with Crippen LogP contribution in [0.5, 0.6) is 0 Å². The van der Waals surface area contributed by atoms with E-state index in [1.807, 2.05) is 10.4 Å². The third-order valence-corrected chi connectivity index (χ3v) is 11.9. The number of hydrogen-bond acceptors (Lipinski definition) is 10. The molecule has 2 unspecified atom stereocenters. The van der Waals surface area contributed by atoms with Gasteiger partial charge in [-0.15, -0.1) is 15.6 Å². The fraction of sp³-hybridized carbons (Fsp3) is 0.529. The highest BCUT2D eigenvalue weighted by Crippen LogP contribution is 2.34. The number of halogens is 3. The van der Waals surface area contributed by atoms with Crippen molar-refractivity contribution >= 4 is 55.5 Å². The number of benzene rings is 1. The average Bonchev–Trinajstić information content (AvgIpc) is 3.65. The van der Waals surface area contributed by atoms with Gasteiger partial charge in [0.15, 0.2) is 0 Å². The molecule has 50 heavy (non-hydrogen) atoms. The van der Waals surface area contributed by atoms with Gasteiger partial charge in [-0.2, -0.15) is 18.4 Å². The quantitative estimate of drug-likeness (QED) is 0.216. The Kier molecular flexibility index (Phi) is 11.2. The van der Waals surface area contributed by atoms with E-state index in [4.69, 9.17) is 0 Å². The van der Waals surface area contributed by atoms with Gasteiger partial charge in [0.05, 0.1) is 24.9 Å². The number of aromatic nitrogens is 3. The van der Waals surface area contributed by atoms with Crippen LogP contribution in [0.25, 0.3) is 21.1 Å². The minimum atomic E-state index is -4.27. The van der Waals surface area contributed by atoms with Crippen molar-refractivity contribution in [1.29, 1.82) is 5.26 Å². The smallest absolute Gasteiger partial charge is 0.393 e. The Morgan fingerprint density at radius 2 is 1.88 bits per heavy atom. The van der Waals surface area contributed by atoms with E-state index in [0.29, 0.717) is 47.9 Å². The summed E-state index contributed by atoms with van der Waals surface area (Å²) >= 11 is 0.0311. The molecule has 1 aromatic carbocycles. The Morgan fingerprint density at radius 3 is 2.54 bits per heavy atom. The summed E-state index contributed by atoms with van der Waals surface area (Å²) in [7, 11) is 0. The van der Waals surface area contributed by atoms with E-state index in [2.05, 4.69) is 60.1 Å². The molecule has 1 amide bonds. The molecular weight excluding hydrogens is 688 g/mol. The second kappa shape index (κ2) is 15.4. The molecule has 3 aromatic heterocycles. The lowest BCUT2D eigenvalue weighted by Gasteiger charge is -2.38. The maximum Gasteiger partial charge on any atom is 0.393 e. The molecule has 0 saturated carbocycles. The van der Waals surface area contributed by atoms with Gasteiger partial charge in [-0.05, 0) is 49.1 Å². The molecule has 4 aromatic rings. The summed E-state index contributed by atoms with van der Waals surface area (Å²) in [6.07, 6.45) is -0.427. The zero-order chi connectivity index (χ0) is 35.6. The number of hydrogen-bond donors (Lipinski definition) is 2. The van der Waals surface area contributed by atoms with E-state index in [9.17, 15) is 27.8 Å². The highest BCUT2D eigenvalue weighted by molar-refractivity contribution is 7.88. The number of nitrogens with zero attached hydrogens (tertiary/aromatic N) is 7. The fourth-order valence-electron chi connectivity index (χ4n) is 7.06. The van der Waals surface area contributed by atoms with Crippen LogP contribution in [0.3, 0.4) is 0 Å². The normalized spacial score (nSPS) is 18.4. The van der Waals surface area contributed by atoms with Gasteiger partial charge in [-0.1, -0.05) is 6.07 Å². The van der Waals surface area contributed by atoms with Crippen LogP contribution < -0.4 is 10.6 Å². The minimum Gasteiger partial charge on any atom is -0.598 e. The van der Waals surface area contributed by atoms with Crippen LogP contribution in [-0.2, 0) is 35.7 Å². The molecule has 0 radical (unpaired) electrons. The van der Waals surface area contributed by atoms with Crippen LogP contribution in [0.4, 0.5) is 19.0 Å². The highest BCUT2D eigenvalue weighted by Gasteiger charge is 2.31. The number of nitriles is 1. The molecule has 5 heterocycles. The Bertz CT molecular complexity index is 1860. The Labute approximate surface area is 296 Å². The summed E-state index contributed by atoms with van der Waals surface area (Å²) in [5.74, 6) is 0.477. The second-order valence-electron chi connectivity index (χ2n) is 13.2. The molecule has 2 N–H and O–H groups in total. The zero-order valence-electron chi connectivity index (χ0n) is 28.4. The second-order valence-corrected chi connectivity index (χ2v) is 15.6. The topological polar surface area (TPSA) is 128 Å². The van der Waals surface area contributed by atoms with Gasteiger partial charge in [0.1, 0.15) is 35.0 Å². The van der Waals surface area contributed by atoms with Crippen molar-refractivity contribution in [2.45, 2.75) is 64.5 Å². The molecule has 2 atom stereocenters. The van der Waals surface area contributed by atoms with E-state index in [1.54, 1.807) is 12.3 Å². The van der Waals surface area contributed by atoms with Gasteiger partial charge >= 0.3 is 6.18 Å². The predicted octanol–water partition coefficient (Wildman–Crippen LogP) is 4.42. The Balaban J connectivity index is 1.12. The molecule has 2 aliphatic heterocycles. The number of nitrogens with one attached hydrogen (secondary N) is 2. The number of amides is 1. The predicted molar refractivity (Wildman–Crippen MR) is 190 cm³/mol. The number of rotatable bonds is 11. The summed E-state index contributed by atoms with van der Waals surface area (Å²) in [6.45, 7) is 9.85. The lowest BCUT2D eigenvalue weighted by Crippen LogP contribution is -2.55. The van der Waals surface area contributed by atoms with Gasteiger partial charge in [-0.3, -0.25) is 14.6 Å². The lowest BCUT2D eigenvalue weighted by molar-refractivity contribution is -0.126. The minimum absolute atomic E-state index is 0.0379. The average molecular weight is 730 g/mol. The van der Waals surface area contributed by atoms with Crippen LogP contribution >= 0.6 is 11.3 Å². The summed E-state index contributed by atoms with van der Waals surface area (Å²) in [5.41, 5.74) is 3.88. The number of aryl methyl sites for hydroxylation is 1. The maximum atomic E-state index is 13.0. The van der Waals surface area contributed by atoms with Crippen molar-refractivity contribution in [3.63, 3.8) is 0 Å². The van der Waals surface area contributed by atoms with E-state index in [0.717, 1.165) is 73.4 Å². The number of piperazine rings is 1. The number of alkyl halides is 3. The Hall–Kier alpha value is -3.46. The molecule has 16 heteroatoms. The summed E-state index contributed by atoms with van der Waals surface area (Å²) in [5, 5.41) is 18.3. The summed E-state index contributed by atoms with van der Waals surface area (Å²) in [4.78, 5) is 25.9. The molecule has 6 rings (SSSR count). The number of likely N-dealkylation sites (tertiary alicyclic amines) is 1. The largest absolute Gasteiger partial charge is 0.598 e. The van der Waals surface area contributed by atoms with Crippen molar-refractivity contribution < 1.29 is 22.5 Å². The molecule has 2 aliphatic rings. The molecular formula is C34H42F3N9O2S2. The van der Waals surface area contributed by atoms with Gasteiger partial charge in [-0.25, -0.2) is 9.97 Å². The first-order valence-electron chi connectivity index (χ1n) is 16.8. The SMILES string of the molecule is CC(=O)NCC(Cn1c(C#N)cc2c(C)c(CN3CCC(Nc4ncnc5sc(CC(F)(F)F)cc45)CC3)ccc21)N1CCN([S+](C)[O-])CC1. The Morgan fingerprint density at radius 1 is 1.14 bits per heavy atom. The van der Waals surface area contributed by atoms with Crippen molar-refractivity contribution in [3.8, 4) is 6.07 Å². The number of carbonyl (C=O) groups excluding carboxylic acids is 1. The van der Waals surface area contributed by atoms with E-state index < -0.39 is 24.0 Å². The van der Waals surface area contributed by atoms with Crippen LogP contribution in [0.1, 0.15) is 41.5 Å². The van der Waals surface area contributed by atoms with E-state index in [-0.39, 0.29) is 22.9 Å². The summed E-state index contributed by atoms with van der Waals surface area (Å²) in [6, 6.07) is 10.2. The van der Waals surface area contributed by atoms with E-state index >= 15 is 0 Å². The number of carbonyl (C=O) groups is 1. The monoisotopic (exact) mass is 729 g/mol. The van der Waals surface area contributed by atoms with Crippen LogP contribution in [-0.4, -0.2) is 109 Å². The molecule has 2 fully saturated rings. The fourth-order valence-corrected chi connectivity index (χ4v) is 8.77. The van der Waals surface area contributed by atoms with Crippen LogP contribution in [0.2, 0.25) is 0 Å². The number of piperidine rings is 1. The molecule has 0 aliphatic carbocycles. The number of anilines is 1. The summed E-state index contributed by atoms with van der Waals surface area (Å²) < 4.78 is 54.9. The first-order chi connectivity index (χ1) is 23.9. The molecule has 2 saturated heterocycles. The van der Waals surface area contributed by atoms with Gasteiger partial charge < -0.3 is 19.8 Å². The highest BCUT2D eigenvalue weighted by atomic mass is 32.2. The van der Waals surface area contributed by atoms with Gasteiger partial charge in [0.25, 0.3) is 0 Å². The van der Waals surface area contributed by atoms with Gasteiger partial charge in [0, 0.05) is 92.0 Å². The third kappa shape index (κ3) is 8.52. The van der Waals surface area contributed by atoms with Crippen molar-refractivity contribution in [2.75, 3.05) is 57.4 Å². The van der Waals surface area contributed by atoms with Crippen molar-refractivity contribution in [2.24, 2.45) is 0 Å². The molecule has 0 spiro atoms. The van der Waals surface area contributed by atoms with E-state index in [1.165, 1.54) is 18.8 Å². The maximum absolute atomic E-state index is 13.0. The first kappa shape index (κ1) is 36.3.